The van der Waals surface area contributed by atoms with Crippen molar-refractivity contribution in [1.82, 2.24) is 4.57 Å². The molecule has 1 radical (unpaired) electrons. The maximum atomic E-state index is 13.4. The van der Waals surface area contributed by atoms with Gasteiger partial charge in [-0.1, -0.05) is 6.92 Å². The van der Waals surface area contributed by atoms with E-state index < -0.39 is 11.6 Å². The van der Waals surface area contributed by atoms with Crippen molar-refractivity contribution in [2.45, 2.75) is 32.4 Å². The van der Waals surface area contributed by atoms with Crippen molar-refractivity contribution in [3.8, 4) is 0 Å². The zero-order valence-corrected chi connectivity index (χ0v) is 10.2. The Labute approximate surface area is 104 Å². The Kier molecular flexibility index (Phi) is 2.63. The lowest BCUT2D eigenvalue weighted by molar-refractivity contribution is 0.510. The van der Waals surface area contributed by atoms with Crippen molar-refractivity contribution in [3.05, 3.63) is 41.4 Å². The van der Waals surface area contributed by atoms with Gasteiger partial charge in [0.15, 0.2) is 11.6 Å². The van der Waals surface area contributed by atoms with Crippen LogP contribution in [0.3, 0.4) is 0 Å². The largest absolute Gasteiger partial charge is 0.344 e. The van der Waals surface area contributed by atoms with E-state index in [9.17, 15) is 8.78 Å². The third-order valence-electron chi connectivity index (χ3n) is 3.74. The lowest BCUT2D eigenvalue weighted by atomic mass is 10.00. The molecule has 18 heavy (non-hydrogen) atoms. The predicted molar refractivity (Wildman–Crippen MR) is 67.1 cm³/mol. The van der Waals surface area contributed by atoms with Gasteiger partial charge >= 0.3 is 0 Å². The van der Waals surface area contributed by atoms with Crippen LogP contribution in [-0.4, -0.2) is 4.57 Å². The molecular weight excluding hydrogens is 234 g/mol. The maximum Gasteiger partial charge on any atom is 0.160 e. The first-order chi connectivity index (χ1) is 8.63. The quantitative estimate of drug-likeness (QED) is 0.871. The summed E-state index contributed by atoms with van der Waals surface area (Å²) in [7, 11) is 0. The van der Waals surface area contributed by atoms with Crippen LogP contribution in [0.5, 0.6) is 0 Å². The van der Waals surface area contributed by atoms with Crippen LogP contribution >= 0.6 is 0 Å². The van der Waals surface area contributed by atoms with Gasteiger partial charge in [0.2, 0.25) is 0 Å². The fourth-order valence-electron chi connectivity index (χ4n) is 2.89. The normalized spacial score (nSPS) is 16.2. The van der Waals surface area contributed by atoms with Crippen molar-refractivity contribution in [1.29, 1.82) is 0 Å². The number of rotatable bonds is 2. The summed E-state index contributed by atoms with van der Waals surface area (Å²) in [5.74, 6) is -1.60. The molecule has 1 aromatic heterocycles. The molecule has 95 valence electrons. The Morgan fingerprint density at radius 1 is 1.33 bits per heavy atom. The highest BCUT2D eigenvalue weighted by Gasteiger charge is 2.25. The average molecular weight is 249 g/mol. The van der Waals surface area contributed by atoms with Crippen LogP contribution < -0.4 is 5.73 Å². The Morgan fingerprint density at radius 2 is 2.06 bits per heavy atom. The van der Waals surface area contributed by atoms with Gasteiger partial charge in [0.05, 0.1) is 5.52 Å². The maximum absolute atomic E-state index is 13.4. The van der Waals surface area contributed by atoms with E-state index in [1.807, 2.05) is 13.3 Å². The molecular formula is C14H15F2N2. The molecule has 0 amide bonds. The second-order valence-electron chi connectivity index (χ2n) is 4.76. The highest BCUT2D eigenvalue weighted by atomic mass is 19.2. The molecule has 0 fully saturated rings. The summed E-state index contributed by atoms with van der Waals surface area (Å²) < 4.78 is 28.9. The molecule has 1 aliphatic heterocycles. The molecule has 1 atom stereocenters. The van der Waals surface area contributed by atoms with Gasteiger partial charge in [0, 0.05) is 29.7 Å². The highest BCUT2D eigenvalue weighted by Crippen LogP contribution is 2.36. The van der Waals surface area contributed by atoms with Gasteiger partial charge in [-0.05, 0) is 30.9 Å². The second-order valence-corrected chi connectivity index (χ2v) is 4.76. The first kappa shape index (κ1) is 11.7. The van der Waals surface area contributed by atoms with Crippen LogP contribution in [0.1, 0.15) is 30.6 Å². The van der Waals surface area contributed by atoms with E-state index in [2.05, 4.69) is 4.57 Å². The van der Waals surface area contributed by atoms with E-state index in [4.69, 9.17) is 5.73 Å². The van der Waals surface area contributed by atoms with Crippen molar-refractivity contribution < 1.29 is 8.78 Å². The molecule has 1 aromatic carbocycles. The molecule has 1 unspecified atom stereocenters. The standard InChI is InChI=1S/C14H15F2N2/c1-2-11(17)14-8-6-9(15)10(16)7-13(8)18-5-3-4-12(14)18/h2,6-7,11H,3-5,17H2,1H3. The number of fused-ring (bicyclic) bond motifs is 3. The van der Waals surface area contributed by atoms with Crippen LogP contribution in [0.2, 0.25) is 0 Å². The van der Waals surface area contributed by atoms with E-state index in [-0.39, 0.29) is 6.04 Å². The smallest absolute Gasteiger partial charge is 0.160 e. The molecule has 2 heterocycles. The highest BCUT2D eigenvalue weighted by molar-refractivity contribution is 5.87. The minimum atomic E-state index is -0.809. The molecule has 4 heteroatoms. The summed E-state index contributed by atoms with van der Waals surface area (Å²) in [4.78, 5) is 0. The summed E-state index contributed by atoms with van der Waals surface area (Å²) >= 11 is 0. The third kappa shape index (κ3) is 1.48. The minimum Gasteiger partial charge on any atom is -0.344 e. The SMILES string of the molecule is C[CH]C(N)c1c2n(c3cc(F)c(F)cc13)CCC2. The van der Waals surface area contributed by atoms with Crippen molar-refractivity contribution in [2.75, 3.05) is 0 Å². The van der Waals surface area contributed by atoms with Crippen LogP contribution in [0.4, 0.5) is 8.78 Å². The van der Waals surface area contributed by atoms with Gasteiger partial charge in [-0.3, -0.25) is 0 Å². The molecule has 1 aliphatic rings. The van der Waals surface area contributed by atoms with Crippen molar-refractivity contribution in [2.24, 2.45) is 5.73 Å². The Balaban J connectivity index is 2.36. The van der Waals surface area contributed by atoms with Gasteiger partial charge in [-0.25, -0.2) is 8.78 Å². The Bertz CT molecular complexity index is 616. The first-order valence-corrected chi connectivity index (χ1v) is 6.18. The summed E-state index contributed by atoms with van der Waals surface area (Å²) in [6, 6.07) is 2.33. The van der Waals surface area contributed by atoms with E-state index >= 15 is 0 Å². The van der Waals surface area contributed by atoms with Gasteiger partial charge in [0.25, 0.3) is 0 Å². The third-order valence-corrected chi connectivity index (χ3v) is 3.74. The lowest BCUT2D eigenvalue weighted by Crippen LogP contribution is -2.11. The van der Waals surface area contributed by atoms with E-state index in [0.29, 0.717) is 0 Å². The second kappa shape index (κ2) is 4.05. The van der Waals surface area contributed by atoms with Gasteiger partial charge in [-0.15, -0.1) is 0 Å². The Hall–Kier alpha value is -1.42. The van der Waals surface area contributed by atoms with Gasteiger partial charge in [-0.2, -0.15) is 0 Å². The van der Waals surface area contributed by atoms with Gasteiger partial charge in [0.1, 0.15) is 0 Å². The van der Waals surface area contributed by atoms with E-state index in [0.717, 1.165) is 41.5 Å². The molecule has 2 nitrogen and oxygen atoms in total. The zero-order chi connectivity index (χ0) is 12.9. The number of halogens is 2. The number of aryl methyl sites for hydroxylation is 1. The number of aromatic nitrogens is 1. The lowest BCUT2D eigenvalue weighted by Gasteiger charge is -2.10. The number of hydrogen-bond acceptors (Lipinski definition) is 1. The summed E-state index contributed by atoms with van der Waals surface area (Å²) in [5, 5.41) is 0.745. The minimum absolute atomic E-state index is 0.230. The summed E-state index contributed by atoms with van der Waals surface area (Å²) in [6.45, 7) is 2.74. The Morgan fingerprint density at radius 3 is 2.78 bits per heavy atom. The average Bonchev–Trinajstić information content (AvgIpc) is 2.90. The van der Waals surface area contributed by atoms with Crippen molar-refractivity contribution >= 4 is 10.9 Å². The van der Waals surface area contributed by atoms with Crippen LogP contribution in [0.15, 0.2) is 12.1 Å². The van der Waals surface area contributed by atoms with Crippen LogP contribution in [-0.2, 0) is 13.0 Å². The first-order valence-electron chi connectivity index (χ1n) is 6.18. The fraction of sp³-hybridized carbons (Fsp3) is 0.357. The molecule has 0 saturated carbocycles. The number of nitrogens with two attached hydrogens (primary N) is 1. The summed E-state index contributed by atoms with van der Waals surface area (Å²) in [6.07, 6.45) is 3.84. The van der Waals surface area contributed by atoms with Crippen LogP contribution in [0.25, 0.3) is 10.9 Å². The van der Waals surface area contributed by atoms with E-state index in [1.54, 1.807) is 0 Å². The monoisotopic (exact) mass is 249 g/mol. The van der Waals surface area contributed by atoms with E-state index in [1.165, 1.54) is 12.1 Å². The molecule has 0 aliphatic carbocycles. The molecule has 0 spiro atoms. The molecule has 2 aromatic rings. The topological polar surface area (TPSA) is 30.9 Å². The van der Waals surface area contributed by atoms with Crippen LogP contribution in [0, 0.1) is 18.1 Å². The van der Waals surface area contributed by atoms with Crippen molar-refractivity contribution in [3.63, 3.8) is 0 Å². The number of benzene rings is 1. The predicted octanol–water partition coefficient (Wildman–Crippen LogP) is 3.09. The zero-order valence-electron chi connectivity index (χ0n) is 10.2. The summed E-state index contributed by atoms with van der Waals surface area (Å²) in [5.41, 5.74) is 8.91. The fourth-order valence-corrected chi connectivity index (χ4v) is 2.89. The molecule has 0 bridgehead atoms. The molecule has 3 rings (SSSR count). The number of hydrogen-bond donors (Lipinski definition) is 1. The molecule has 2 N–H and O–H groups in total. The number of nitrogens with zero attached hydrogens (tertiary/aromatic N) is 1. The van der Waals surface area contributed by atoms with Gasteiger partial charge < -0.3 is 10.3 Å². The molecule has 0 saturated heterocycles.